The summed E-state index contributed by atoms with van der Waals surface area (Å²) in [5, 5.41) is 6.69. The van der Waals surface area contributed by atoms with Crippen molar-refractivity contribution in [3.8, 4) is 0 Å². The molecule has 0 aliphatic carbocycles. The van der Waals surface area contributed by atoms with Gasteiger partial charge in [0.2, 0.25) is 0 Å². The second kappa shape index (κ2) is 7.16. The van der Waals surface area contributed by atoms with E-state index in [1.165, 1.54) is 33.6 Å². The van der Waals surface area contributed by atoms with Gasteiger partial charge < -0.3 is 10.6 Å². The monoisotopic (exact) mass is 282 g/mol. The molecule has 2 N–H and O–H groups in total. The van der Waals surface area contributed by atoms with Gasteiger partial charge in [0.25, 0.3) is 0 Å². The average Bonchev–Trinajstić information content (AvgIpc) is 2.55. The number of hydrogen-bond donors (Lipinski definition) is 2. The van der Waals surface area contributed by atoms with E-state index in [0.717, 1.165) is 19.3 Å². The van der Waals surface area contributed by atoms with Gasteiger partial charge in [0.05, 0.1) is 0 Å². The third-order valence-electron chi connectivity index (χ3n) is 4.20. The maximum atomic E-state index is 3.35. The van der Waals surface area contributed by atoms with Crippen molar-refractivity contribution < 1.29 is 0 Å². The molecule has 21 heavy (non-hydrogen) atoms. The molecule has 0 aromatic heterocycles. The first kappa shape index (κ1) is 15.4. The molecule has 0 atom stereocenters. The van der Waals surface area contributed by atoms with Crippen LogP contribution in [0.5, 0.6) is 0 Å². The maximum absolute atomic E-state index is 3.35. The molecule has 0 heterocycles. The summed E-state index contributed by atoms with van der Waals surface area (Å²) in [6.45, 7) is 4.45. The summed E-state index contributed by atoms with van der Waals surface area (Å²) >= 11 is 0. The standard InChI is InChI=1S/C19H26N2/c1-5-14-9-7-11-18(20-3)16(14)13-17-15(6-2)10-8-12-19(17)21-4/h7-12,20-21H,5-6,13H2,1-4H3. The Balaban J connectivity index is 2.52. The Kier molecular flexibility index (Phi) is 5.26. The molecule has 0 aliphatic heterocycles. The van der Waals surface area contributed by atoms with Gasteiger partial charge in [-0.15, -0.1) is 0 Å². The first-order valence-electron chi connectivity index (χ1n) is 7.82. The molecule has 0 unspecified atom stereocenters. The number of aryl methyl sites for hydroxylation is 2. The molecule has 0 saturated heterocycles. The van der Waals surface area contributed by atoms with Gasteiger partial charge in [-0.3, -0.25) is 0 Å². The van der Waals surface area contributed by atoms with Crippen molar-refractivity contribution >= 4 is 11.4 Å². The van der Waals surface area contributed by atoms with E-state index >= 15 is 0 Å². The zero-order chi connectivity index (χ0) is 15.2. The van der Waals surface area contributed by atoms with E-state index in [4.69, 9.17) is 0 Å². The highest BCUT2D eigenvalue weighted by atomic mass is 14.8. The summed E-state index contributed by atoms with van der Waals surface area (Å²) in [5.74, 6) is 0. The zero-order valence-electron chi connectivity index (χ0n) is 13.6. The number of nitrogens with one attached hydrogen (secondary N) is 2. The maximum Gasteiger partial charge on any atom is 0.0376 e. The Bertz CT molecular complexity index is 505. The smallest absolute Gasteiger partial charge is 0.0376 e. The average molecular weight is 282 g/mol. The fourth-order valence-corrected chi connectivity index (χ4v) is 2.99. The number of rotatable bonds is 6. The highest BCUT2D eigenvalue weighted by molar-refractivity contribution is 5.61. The highest BCUT2D eigenvalue weighted by Gasteiger charge is 2.12. The normalized spacial score (nSPS) is 10.5. The van der Waals surface area contributed by atoms with Gasteiger partial charge in [-0.25, -0.2) is 0 Å². The second-order valence-electron chi connectivity index (χ2n) is 5.27. The molecular weight excluding hydrogens is 256 g/mol. The van der Waals surface area contributed by atoms with Crippen molar-refractivity contribution in [3.05, 3.63) is 58.7 Å². The summed E-state index contributed by atoms with van der Waals surface area (Å²) in [6, 6.07) is 13.1. The number of hydrogen-bond acceptors (Lipinski definition) is 2. The van der Waals surface area contributed by atoms with Crippen LogP contribution in [0.2, 0.25) is 0 Å². The molecule has 0 bridgehead atoms. The van der Waals surface area contributed by atoms with Crippen molar-refractivity contribution in [2.45, 2.75) is 33.1 Å². The lowest BCUT2D eigenvalue weighted by Gasteiger charge is -2.18. The molecule has 112 valence electrons. The van der Waals surface area contributed by atoms with Crippen molar-refractivity contribution in [2.24, 2.45) is 0 Å². The van der Waals surface area contributed by atoms with Crippen LogP contribution < -0.4 is 10.6 Å². The second-order valence-corrected chi connectivity index (χ2v) is 5.27. The fourth-order valence-electron chi connectivity index (χ4n) is 2.99. The minimum Gasteiger partial charge on any atom is -0.388 e. The van der Waals surface area contributed by atoms with Gasteiger partial charge in [0.1, 0.15) is 0 Å². The zero-order valence-corrected chi connectivity index (χ0v) is 13.6. The van der Waals surface area contributed by atoms with Crippen molar-refractivity contribution in [3.63, 3.8) is 0 Å². The van der Waals surface area contributed by atoms with Crippen LogP contribution in [0.3, 0.4) is 0 Å². The molecule has 0 saturated carbocycles. The molecule has 0 amide bonds. The van der Waals surface area contributed by atoms with Crippen LogP contribution in [-0.2, 0) is 19.3 Å². The summed E-state index contributed by atoms with van der Waals surface area (Å²) in [7, 11) is 4.01. The van der Waals surface area contributed by atoms with Crippen LogP contribution in [0.1, 0.15) is 36.1 Å². The van der Waals surface area contributed by atoms with E-state index in [2.05, 4.69) is 60.9 Å². The summed E-state index contributed by atoms with van der Waals surface area (Å²) in [6.07, 6.45) is 3.10. The Morgan fingerprint density at radius 3 is 1.48 bits per heavy atom. The lowest BCUT2D eigenvalue weighted by atomic mass is 9.92. The lowest BCUT2D eigenvalue weighted by molar-refractivity contribution is 1.02. The molecule has 2 nitrogen and oxygen atoms in total. The number of anilines is 2. The predicted octanol–water partition coefficient (Wildman–Crippen LogP) is 4.49. The molecule has 2 aromatic rings. The van der Waals surface area contributed by atoms with E-state index in [0.29, 0.717) is 0 Å². The van der Waals surface area contributed by atoms with Gasteiger partial charge in [0.15, 0.2) is 0 Å². The SMILES string of the molecule is CCc1cccc(NC)c1Cc1c(CC)cccc1NC. The van der Waals surface area contributed by atoms with Crippen molar-refractivity contribution in [2.75, 3.05) is 24.7 Å². The molecule has 0 aliphatic rings. The molecule has 2 heteroatoms. The Hall–Kier alpha value is -1.96. The van der Waals surface area contributed by atoms with Gasteiger partial charge in [0, 0.05) is 31.9 Å². The van der Waals surface area contributed by atoms with Gasteiger partial charge in [-0.1, -0.05) is 38.1 Å². The summed E-state index contributed by atoms with van der Waals surface area (Å²) in [5.41, 5.74) is 8.16. The molecule has 2 aromatic carbocycles. The Labute approximate surface area is 128 Å². The van der Waals surface area contributed by atoms with E-state index in [-0.39, 0.29) is 0 Å². The Morgan fingerprint density at radius 1 is 0.714 bits per heavy atom. The minimum atomic E-state index is 0.973. The molecular formula is C19H26N2. The van der Waals surface area contributed by atoms with Crippen LogP contribution in [-0.4, -0.2) is 14.1 Å². The molecule has 0 spiro atoms. The van der Waals surface area contributed by atoms with Crippen molar-refractivity contribution in [1.29, 1.82) is 0 Å². The predicted molar refractivity (Wildman–Crippen MR) is 93.5 cm³/mol. The van der Waals surface area contributed by atoms with Crippen LogP contribution in [0.15, 0.2) is 36.4 Å². The first-order chi connectivity index (χ1) is 10.2. The quantitative estimate of drug-likeness (QED) is 0.816. The molecule has 2 rings (SSSR count). The highest BCUT2D eigenvalue weighted by Crippen LogP contribution is 2.29. The van der Waals surface area contributed by atoms with E-state index < -0.39 is 0 Å². The topological polar surface area (TPSA) is 24.1 Å². The van der Waals surface area contributed by atoms with Crippen LogP contribution >= 0.6 is 0 Å². The largest absolute Gasteiger partial charge is 0.388 e. The van der Waals surface area contributed by atoms with E-state index in [9.17, 15) is 0 Å². The number of benzene rings is 2. The summed E-state index contributed by atoms with van der Waals surface area (Å²) in [4.78, 5) is 0. The minimum absolute atomic E-state index is 0.973. The molecule has 0 fully saturated rings. The third kappa shape index (κ3) is 3.21. The van der Waals surface area contributed by atoms with Crippen LogP contribution in [0.4, 0.5) is 11.4 Å². The first-order valence-corrected chi connectivity index (χ1v) is 7.82. The fraction of sp³-hybridized carbons (Fsp3) is 0.368. The third-order valence-corrected chi connectivity index (χ3v) is 4.20. The lowest BCUT2D eigenvalue weighted by Crippen LogP contribution is -2.05. The van der Waals surface area contributed by atoms with Gasteiger partial charge in [-0.05, 0) is 47.2 Å². The van der Waals surface area contributed by atoms with Crippen LogP contribution in [0, 0.1) is 0 Å². The van der Waals surface area contributed by atoms with Gasteiger partial charge >= 0.3 is 0 Å². The molecule has 0 radical (unpaired) electrons. The van der Waals surface area contributed by atoms with E-state index in [1.54, 1.807) is 0 Å². The Morgan fingerprint density at radius 2 is 1.14 bits per heavy atom. The van der Waals surface area contributed by atoms with Crippen LogP contribution in [0.25, 0.3) is 0 Å². The van der Waals surface area contributed by atoms with E-state index in [1.807, 2.05) is 14.1 Å². The van der Waals surface area contributed by atoms with Crippen molar-refractivity contribution in [1.82, 2.24) is 0 Å². The van der Waals surface area contributed by atoms with Gasteiger partial charge in [-0.2, -0.15) is 0 Å². The summed E-state index contributed by atoms with van der Waals surface area (Å²) < 4.78 is 0.